The van der Waals surface area contributed by atoms with Gasteiger partial charge in [0, 0.05) is 28.5 Å². The molecule has 5 heterocycles. The van der Waals surface area contributed by atoms with Crippen LogP contribution in [0.25, 0.3) is 28.2 Å². The zero-order valence-electron chi connectivity index (χ0n) is 17.6. The predicted molar refractivity (Wildman–Crippen MR) is 127 cm³/mol. The summed E-state index contributed by atoms with van der Waals surface area (Å²) in [6.07, 6.45) is 4.63. The van der Waals surface area contributed by atoms with Crippen molar-refractivity contribution in [2.75, 3.05) is 0 Å². The first-order valence-corrected chi connectivity index (χ1v) is 11.3. The maximum atomic E-state index is 13.3. The predicted octanol–water partition coefficient (Wildman–Crippen LogP) is 4.12. The zero-order chi connectivity index (χ0) is 23.2. The topological polar surface area (TPSA) is 107 Å². The second-order valence-corrected chi connectivity index (χ2v) is 8.73. The molecule has 34 heavy (non-hydrogen) atoms. The van der Waals surface area contributed by atoms with Crippen LogP contribution in [0.15, 0.2) is 65.8 Å². The molecule has 1 aromatic carbocycles. The highest BCUT2D eigenvalue weighted by molar-refractivity contribution is 6.32. The molecule has 0 saturated carbocycles. The molecule has 0 fully saturated rings. The second kappa shape index (κ2) is 8.19. The molecule has 0 spiro atoms. The number of aromatic amines is 1. The lowest BCUT2D eigenvalue weighted by Crippen LogP contribution is -2.24. The molecule has 9 nitrogen and oxygen atoms in total. The Hall–Kier alpha value is -3.82. The van der Waals surface area contributed by atoms with Crippen molar-refractivity contribution in [1.29, 1.82) is 0 Å². The molecule has 168 valence electrons. The third-order valence-corrected chi connectivity index (χ3v) is 6.41. The quantitative estimate of drug-likeness (QED) is 0.406. The second-order valence-electron chi connectivity index (χ2n) is 7.91. The number of aromatic nitrogens is 8. The van der Waals surface area contributed by atoms with E-state index < -0.39 is 0 Å². The Labute approximate surface area is 203 Å². The number of halogens is 2. The first-order valence-electron chi connectivity index (χ1n) is 10.5. The normalized spacial score (nSPS) is 14.9. The average Bonchev–Trinajstić information content (AvgIpc) is 3.59. The molecule has 5 aromatic rings. The Morgan fingerprint density at radius 1 is 1.09 bits per heavy atom. The van der Waals surface area contributed by atoms with Gasteiger partial charge in [-0.2, -0.15) is 4.68 Å². The highest BCUT2D eigenvalue weighted by atomic mass is 35.5. The molecule has 1 atom stereocenters. The number of tetrazole rings is 1. The van der Waals surface area contributed by atoms with Crippen LogP contribution in [-0.4, -0.2) is 39.7 Å². The van der Waals surface area contributed by atoms with Crippen LogP contribution in [0.4, 0.5) is 0 Å². The van der Waals surface area contributed by atoms with Crippen LogP contribution in [0.5, 0.6) is 0 Å². The molecule has 11 heteroatoms. The summed E-state index contributed by atoms with van der Waals surface area (Å²) < 4.78 is 3.31. The molecule has 0 aliphatic carbocycles. The third kappa shape index (κ3) is 3.49. The van der Waals surface area contributed by atoms with Crippen molar-refractivity contribution >= 4 is 23.2 Å². The number of aryl methyl sites for hydroxylation is 1. The van der Waals surface area contributed by atoms with Gasteiger partial charge in [-0.25, -0.2) is 4.98 Å². The van der Waals surface area contributed by atoms with Gasteiger partial charge < -0.3 is 9.55 Å². The Kier molecular flexibility index (Phi) is 5.00. The van der Waals surface area contributed by atoms with Gasteiger partial charge >= 0.3 is 0 Å². The summed E-state index contributed by atoms with van der Waals surface area (Å²) in [5.41, 5.74) is 4.25. The maximum absolute atomic E-state index is 13.3. The van der Waals surface area contributed by atoms with E-state index in [1.54, 1.807) is 27.6 Å². The SMILES string of the molecule is O=c1cc(-c2cc(Cl)ccc2-n2cnnn2)cc2n1[C@H](c1nc(-c3ccccn3)c(Cl)[nH]1)CC2. The van der Waals surface area contributed by atoms with Crippen LogP contribution in [-0.2, 0) is 6.42 Å². The molecule has 0 unspecified atom stereocenters. The van der Waals surface area contributed by atoms with Crippen LogP contribution < -0.4 is 5.56 Å². The lowest BCUT2D eigenvalue weighted by atomic mass is 10.0. The van der Waals surface area contributed by atoms with Crippen LogP contribution >= 0.6 is 23.2 Å². The van der Waals surface area contributed by atoms with E-state index in [9.17, 15) is 4.79 Å². The van der Waals surface area contributed by atoms with E-state index in [0.29, 0.717) is 33.8 Å². The molecule has 0 saturated heterocycles. The number of benzene rings is 1. The number of pyridine rings is 2. The number of rotatable bonds is 4. The summed E-state index contributed by atoms with van der Waals surface area (Å²) in [5.74, 6) is 0.636. The van der Waals surface area contributed by atoms with E-state index in [0.717, 1.165) is 28.9 Å². The number of nitrogens with one attached hydrogen (secondary N) is 1. The fraction of sp³-hybridized carbons (Fsp3) is 0.130. The lowest BCUT2D eigenvalue weighted by molar-refractivity contribution is 0.572. The van der Waals surface area contributed by atoms with Gasteiger partial charge in [-0.05, 0) is 65.2 Å². The molecular formula is C23H16Cl2N8O. The van der Waals surface area contributed by atoms with Gasteiger partial charge in [0.25, 0.3) is 5.56 Å². The summed E-state index contributed by atoms with van der Waals surface area (Å²) in [5, 5.41) is 12.4. The number of hydrogen-bond donors (Lipinski definition) is 1. The molecule has 0 amide bonds. The molecule has 6 rings (SSSR count). The van der Waals surface area contributed by atoms with Crippen molar-refractivity contribution in [3.63, 3.8) is 0 Å². The van der Waals surface area contributed by atoms with Crippen molar-refractivity contribution in [3.05, 3.63) is 93.1 Å². The van der Waals surface area contributed by atoms with Crippen molar-refractivity contribution in [1.82, 2.24) is 39.7 Å². The largest absolute Gasteiger partial charge is 0.331 e. The van der Waals surface area contributed by atoms with Gasteiger partial charge in [0.2, 0.25) is 0 Å². The van der Waals surface area contributed by atoms with Gasteiger partial charge in [-0.15, -0.1) is 5.10 Å². The zero-order valence-corrected chi connectivity index (χ0v) is 19.1. The maximum Gasteiger partial charge on any atom is 0.252 e. The Bertz CT molecular complexity index is 1560. The molecule has 1 aliphatic heterocycles. The smallest absolute Gasteiger partial charge is 0.252 e. The number of nitrogens with zero attached hydrogens (tertiary/aromatic N) is 7. The lowest BCUT2D eigenvalue weighted by Gasteiger charge is -2.15. The van der Waals surface area contributed by atoms with E-state index in [2.05, 4.69) is 30.5 Å². The fourth-order valence-electron chi connectivity index (χ4n) is 4.42. The monoisotopic (exact) mass is 490 g/mol. The highest BCUT2D eigenvalue weighted by Gasteiger charge is 2.29. The summed E-state index contributed by atoms with van der Waals surface area (Å²) in [4.78, 5) is 25.5. The molecule has 4 aromatic heterocycles. The molecule has 1 N–H and O–H groups in total. The van der Waals surface area contributed by atoms with Gasteiger partial charge in [0.15, 0.2) is 0 Å². The van der Waals surface area contributed by atoms with Crippen molar-refractivity contribution in [2.45, 2.75) is 18.9 Å². The first-order chi connectivity index (χ1) is 16.6. The summed E-state index contributed by atoms with van der Waals surface area (Å²) >= 11 is 12.7. The summed E-state index contributed by atoms with van der Waals surface area (Å²) in [6.45, 7) is 0. The number of hydrogen-bond acceptors (Lipinski definition) is 6. The molecule has 0 radical (unpaired) electrons. The van der Waals surface area contributed by atoms with Crippen LogP contribution in [0.3, 0.4) is 0 Å². The first kappa shape index (κ1) is 20.8. The van der Waals surface area contributed by atoms with E-state index >= 15 is 0 Å². The standard InChI is InChI=1S/C23H16Cl2N8O/c24-14-4-6-18(32-12-27-30-31-32)16(11-14)13-9-15-5-7-19(33(15)20(34)10-13)23-28-21(22(25)29-23)17-3-1-2-8-26-17/h1-4,6,8-12,19H,5,7H2,(H,28,29)/t19-/m0/s1. The minimum Gasteiger partial charge on any atom is -0.331 e. The van der Waals surface area contributed by atoms with Crippen molar-refractivity contribution in [3.8, 4) is 28.2 Å². The minimum absolute atomic E-state index is 0.135. The highest BCUT2D eigenvalue weighted by Crippen LogP contribution is 2.35. The summed E-state index contributed by atoms with van der Waals surface area (Å²) in [6, 6.07) is 14.3. The van der Waals surface area contributed by atoms with Crippen LogP contribution in [0.2, 0.25) is 10.2 Å². The van der Waals surface area contributed by atoms with Gasteiger partial charge in [-0.3, -0.25) is 9.78 Å². The number of fused-ring (bicyclic) bond motifs is 1. The van der Waals surface area contributed by atoms with E-state index in [1.165, 1.54) is 6.33 Å². The summed E-state index contributed by atoms with van der Waals surface area (Å²) in [7, 11) is 0. The fourth-order valence-corrected chi connectivity index (χ4v) is 4.83. The molecule has 1 aliphatic rings. The van der Waals surface area contributed by atoms with Crippen LogP contribution in [0.1, 0.15) is 24.0 Å². The molecular weight excluding hydrogens is 475 g/mol. The average molecular weight is 491 g/mol. The number of H-pyrrole nitrogens is 1. The van der Waals surface area contributed by atoms with Gasteiger partial charge in [0.05, 0.1) is 17.4 Å². The Balaban J connectivity index is 1.42. The van der Waals surface area contributed by atoms with Gasteiger partial charge in [-0.1, -0.05) is 29.3 Å². The Morgan fingerprint density at radius 2 is 2.00 bits per heavy atom. The molecule has 0 bridgehead atoms. The van der Waals surface area contributed by atoms with E-state index in [4.69, 9.17) is 23.2 Å². The van der Waals surface area contributed by atoms with Gasteiger partial charge in [0.1, 0.15) is 23.0 Å². The van der Waals surface area contributed by atoms with Crippen molar-refractivity contribution < 1.29 is 0 Å². The van der Waals surface area contributed by atoms with E-state index in [1.807, 2.05) is 36.4 Å². The third-order valence-electron chi connectivity index (χ3n) is 5.90. The Morgan fingerprint density at radius 3 is 2.79 bits per heavy atom. The minimum atomic E-state index is -0.246. The van der Waals surface area contributed by atoms with Crippen LogP contribution in [0, 0.1) is 0 Å². The van der Waals surface area contributed by atoms with Crippen molar-refractivity contribution in [2.24, 2.45) is 0 Å². The van der Waals surface area contributed by atoms with E-state index in [-0.39, 0.29) is 11.6 Å². The number of imidazole rings is 1.